The van der Waals surface area contributed by atoms with Crippen LogP contribution in [0.4, 0.5) is 11.4 Å². The standard InChI is InChI=1S/C21H18BrClN2O3S/c1-13-3-6-16(7-4-13)25-29(27,28)20-12-15(5-10-19(20)23)21(26)24-17-8-9-18(22)14(2)11-17/h3-12,25H,1-2H3,(H,24,26). The molecule has 0 aliphatic rings. The van der Waals surface area contributed by atoms with E-state index in [1.54, 1.807) is 30.3 Å². The monoisotopic (exact) mass is 492 g/mol. The van der Waals surface area contributed by atoms with Crippen LogP contribution < -0.4 is 10.0 Å². The van der Waals surface area contributed by atoms with Crippen LogP contribution in [0.25, 0.3) is 0 Å². The smallest absolute Gasteiger partial charge is 0.263 e. The number of carbonyl (C=O) groups excluding carboxylic acids is 1. The fraction of sp³-hybridized carbons (Fsp3) is 0.0952. The molecule has 0 fully saturated rings. The van der Waals surface area contributed by atoms with Gasteiger partial charge in [-0.3, -0.25) is 9.52 Å². The maximum absolute atomic E-state index is 12.8. The van der Waals surface area contributed by atoms with E-state index in [1.807, 2.05) is 26.0 Å². The van der Waals surface area contributed by atoms with Crippen molar-refractivity contribution in [1.82, 2.24) is 0 Å². The Balaban J connectivity index is 1.87. The minimum Gasteiger partial charge on any atom is -0.322 e. The highest BCUT2D eigenvalue weighted by Gasteiger charge is 2.20. The van der Waals surface area contributed by atoms with E-state index in [0.717, 1.165) is 15.6 Å². The van der Waals surface area contributed by atoms with Gasteiger partial charge in [-0.25, -0.2) is 8.42 Å². The van der Waals surface area contributed by atoms with Gasteiger partial charge in [0.2, 0.25) is 0 Å². The summed E-state index contributed by atoms with van der Waals surface area (Å²) in [6.45, 7) is 3.81. The van der Waals surface area contributed by atoms with E-state index >= 15 is 0 Å². The van der Waals surface area contributed by atoms with Crippen LogP contribution in [0, 0.1) is 13.8 Å². The Bertz CT molecular complexity index is 1180. The van der Waals surface area contributed by atoms with E-state index in [2.05, 4.69) is 26.0 Å². The first-order valence-corrected chi connectivity index (χ1v) is 11.3. The molecule has 5 nitrogen and oxygen atoms in total. The van der Waals surface area contributed by atoms with E-state index in [1.165, 1.54) is 18.2 Å². The van der Waals surface area contributed by atoms with Crippen molar-refractivity contribution in [2.45, 2.75) is 18.7 Å². The zero-order valence-electron chi connectivity index (χ0n) is 15.7. The maximum atomic E-state index is 12.8. The molecule has 2 N–H and O–H groups in total. The first-order valence-electron chi connectivity index (χ1n) is 8.62. The van der Waals surface area contributed by atoms with E-state index in [0.29, 0.717) is 11.4 Å². The number of amides is 1. The van der Waals surface area contributed by atoms with Gasteiger partial charge in [-0.15, -0.1) is 0 Å². The SMILES string of the molecule is Cc1ccc(NS(=O)(=O)c2cc(C(=O)Nc3ccc(Br)c(C)c3)ccc2Cl)cc1. The first-order chi connectivity index (χ1) is 13.7. The van der Waals surface area contributed by atoms with Gasteiger partial charge in [0.05, 0.1) is 5.02 Å². The summed E-state index contributed by atoms with van der Waals surface area (Å²) >= 11 is 9.53. The highest BCUT2D eigenvalue weighted by atomic mass is 79.9. The van der Waals surface area contributed by atoms with Crippen LogP contribution in [-0.4, -0.2) is 14.3 Å². The third kappa shape index (κ3) is 5.18. The third-order valence-electron chi connectivity index (χ3n) is 4.20. The van der Waals surface area contributed by atoms with Gasteiger partial charge in [-0.1, -0.05) is 45.2 Å². The largest absolute Gasteiger partial charge is 0.322 e. The Kier molecular flexibility index (Phi) is 6.31. The van der Waals surface area contributed by atoms with Crippen LogP contribution >= 0.6 is 27.5 Å². The van der Waals surface area contributed by atoms with Gasteiger partial charge in [-0.05, 0) is 67.9 Å². The molecule has 0 saturated carbocycles. The zero-order chi connectivity index (χ0) is 21.2. The highest BCUT2D eigenvalue weighted by molar-refractivity contribution is 9.10. The van der Waals surface area contributed by atoms with Crippen LogP contribution in [0.1, 0.15) is 21.5 Å². The summed E-state index contributed by atoms with van der Waals surface area (Å²) < 4.78 is 29.0. The van der Waals surface area contributed by atoms with E-state index in [9.17, 15) is 13.2 Å². The molecule has 0 heterocycles. The second-order valence-electron chi connectivity index (χ2n) is 6.53. The molecule has 1 amide bonds. The quantitative estimate of drug-likeness (QED) is 0.473. The summed E-state index contributed by atoms with van der Waals surface area (Å²) in [6.07, 6.45) is 0. The number of benzene rings is 3. The van der Waals surface area contributed by atoms with Crippen LogP contribution in [0.3, 0.4) is 0 Å². The number of hydrogen-bond donors (Lipinski definition) is 2. The second kappa shape index (κ2) is 8.57. The number of aryl methyl sites for hydroxylation is 2. The summed E-state index contributed by atoms with van der Waals surface area (Å²) in [4.78, 5) is 12.4. The normalized spacial score (nSPS) is 11.2. The molecular formula is C21H18BrClN2O3S. The van der Waals surface area contributed by atoms with Crippen molar-refractivity contribution in [3.8, 4) is 0 Å². The van der Waals surface area contributed by atoms with Gasteiger partial charge in [0.1, 0.15) is 4.90 Å². The number of anilines is 2. The van der Waals surface area contributed by atoms with Gasteiger partial charge in [-0.2, -0.15) is 0 Å². The van der Waals surface area contributed by atoms with Crippen molar-refractivity contribution in [2.24, 2.45) is 0 Å². The van der Waals surface area contributed by atoms with Crippen LogP contribution in [-0.2, 0) is 10.0 Å². The molecule has 3 aromatic carbocycles. The minimum absolute atomic E-state index is 0.0284. The first kappa shape index (κ1) is 21.4. The molecule has 0 atom stereocenters. The molecule has 0 bridgehead atoms. The van der Waals surface area contributed by atoms with Crippen molar-refractivity contribution in [3.63, 3.8) is 0 Å². The number of carbonyl (C=O) groups is 1. The predicted molar refractivity (Wildman–Crippen MR) is 120 cm³/mol. The lowest BCUT2D eigenvalue weighted by Crippen LogP contribution is -2.16. The van der Waals surface area contributed by atoms with Gasteiger partial charge < -0.3 is 5.32 Å². The summed E-state index contributed by atoms with van der Waals surface area (Å²) in [7, 11) is -3.97. The van der Waals surface area contributed by atoms with Gasteiger partial charge in [0, 0.05) is 21.4 Å². The summed E-state index contributed by atoms with van der Waals surface area (Å²) in [5.74, 6) is -0.435. The van der Waals surface area contributed by atoms with Crippen molar-refractivity contribution >= 4 is 54.8 Å². The Labute approximate surface area is 183 Å². The number of halogens is 2. The fourth-order valence-corrected chi connectivity index (χ4v) is 4.44. The molecule has 29 heavy (non-hydrogen) atoms. The van der Waals surface area contributed by atoms with Crippen molar-refractivity contribution < 1.29 is 13.2 Å². The molecule has 0 saturated heterocycles. The molecule has 0 aliphatic heterocycles. The number of nitrogens with one attached hydrogen (secondary N) is 2. The molecular weight excluding hydrogens is 476 g/mol. The molecule has 3 rings (SSSR count). The van der Waals surface area contributed by atoms with Crippen LogP contribution in [0.15, 0.2) is 70.0 Å². The van der Waals surface area contributed by atoms with Gasteiger partial charge in [0.25, 0.3) is 15.9 Å². The van der Waals surface area contributed by atoms with E-state index in [-0.39, 0.29) is 15.5 Å². The maximum Gasteiger partial charge on any atom is 0.263 e. The minimum atomic E-state index is -3.97. The lowest BCUT2D eigenvalue weighted by atomic mass is 10.2. The van der Waals surface area contributed by atoms with Crippen molar-refractivity contribution in [3.05, 3.63) is 86.8 Å². The summed E-state index contributed by atoms with van der Waals surface area (Å²) in [6, 6.07) is 16.4. The molecule has 0 spiro atoms. The number of hydrogen-bond acceptors (Lipinski definition) is 3. The Hall–Kier alpha value is -2.35. The van der Waals surface area contributed by atoms with Crippen LogP contribution in [0.5, 0.6) is 0 Å². The molecule has 0 unspecified atom stereocenters. The topological polar surface area (TPSA) is 75.3 Å². The third-order valence-corrected chi connectivity index (χ3v) is 6.96. The average molecular weight is 494 g/mol. The molecule has 8 heteroatoms. The van der Waals surface area contributed by atoms with Crippen molar-refractivity contribution in [1.29, 1.82) is 0 Å². The molecule has 0 aromatic heterocycles. The summed E-state index contributed by atoms with van der Waals surface area (Å²) in [5, 5.41) is 2.79. The van der Waals surface area contributed by atoms with Crippen LogP contribution in [0.2, 0.25) is 5.02 Å². The molecule has 150 valence electrons. The summed E-state index contributed by atoms with van der Waals surface area (Å²) in [5.41, 5.74) is 3.16. The predicted octanol–water partition coefficient (Wildman–Crippen LogP) is 5.77. The van der Waals surface area contributed by atoms with Gasteiger partial charge >= 0.3 is 0 Å². The Morgan fingerprint density at radius 2 is 1.59 bits per heavy atom. The fourth-order valence-electron chi connectivity index (χ4n) is 2.61. The van der Waals surface area contributed by atoms with E-state index < -0.39 is 15.9 Å². The molecule has 3 aromatic rings. The molecule has 0 radical (unpaired) electrons. The van der Waals surface area contributed by atoms with Crippen molar-refractivity contribution in [2.75, 3.05) is 10.0 Å². The number of rotatable bonds is 5. The second-order valence-corrected chi connectivity index (χ2v) is 9.45. The molecule has 0 aliphatic carbocycles. The number of sulfonamides is 1. The average Bonchev–Trinajstić information content (AvgIpc) is 2.66. The highest BCUT2D eigenvalue weighted by Crippen LogP contribution is 2.26. The van der Waals surface area contributed by atoms with Gasteiger partial charge in [0.15, 0.2) is 0 Å². The lowest BCUT2D eigenvalue weighted by Gasteiger charge is -2.12. The Morgan fingerprint density at radius 1 is 0.931 bits per heavy atom. The Morgan fingerprint density at radius 3 is 2.24 bits per heavy atom. The van der Waals surface area contributed by atoms with E-state index in [4.69, 9.17) is 11.6 Å². The lowest BCUT2D eigenvalue weighted by molar-refractivity contribution is 0.102. The zero-order valence-corrected chi connectivity index (χ0v) is 18.8.